The zero-order valence-corrected chi connectivity index (χ0v) is 25.1. The third kappa shape index (κ3) is 6.67. The lowest BCUT2D eigenvalue weighted by Gasteiger charge is -2.50. The van der Waals surface area contributed by atoms with Crippen LogP contribution in [-0.2, 0) is 13.6 Å². The summed E-state index contributed by atoms with van der Waals surface area (Å²) in [6, 6.07) is 0.0650. The molecule has 1 N–H and O–H groups in total. The highest BCUT2D eigenvalue weighted by molar-refractivity contribution is 6.74. The second-order valence-electron chi connectivity index (χ2n) is 13.1. The molecule has 1 amide bonds. The molecule has 0 aliphatic heterocycles. The highest BCUT2D eigenvalue weighted by Gasteiger charge is 2.48. The molecule has 6 heteroatoms. The van der Waals surface area contributed by atoms with Crippen LogP contribution >= 0.6 is 0 Å². The Kier molecular flexibility index (Phi) is 9.29. The zero-order chi connectivity index (χ0) is 24.6. The van der Waals surface area contributed by atoms with Gasteiger partial charge in [-0.1, -0.05) is 62.3 Å². The molecule has 0 aromatic rings. The van der Waals surface area contributed by atoms with E-state index in [1.54, 1.807) is 6.92 Å². The van der Waals surface area contributed by atoms with Crippen molar-refractivity contribution in [2.75, 3.05) is 6.61 Å². The summed E-state index contributed by atoms with van der Waals surface area (Å²) in [5.41, 5.74) is 0. The topological polar surface area (TPSA) is 47.6 Å². The van der Waals surface area contributed by atoms with E-state index >= 15 is 0 Å². The van der Waals surface area contributed by atoms with Gasteiger partial charge in [-0.15, -0.1) is 0 Å². The lowest BCUT2D eigenvalue weighted by atomic mass is 9.70. The molecule has 0 saturated heterocycles. The molecule has 0 spiro atoms. The van der Waals surface area contributed by atoms with Crippen LogP contribution in [0.15, 0.2) is 0 Å². The fourth-order valence-electron chi connectivity index (χ4n) is 4.31. The molecule has 0 radical (unpaired) electrons. The third-order valence-electron chi connectivity index (χ3n) is 9.35. The van der Waals surface area contributed by atoms with Crippen LogP contribution in [0.4, 0.5) is 0 Å². The summed E-state index contributed by atoms with van der Waals surface area (Å²) in [5, 5.41) is 3.60. The average molecular weight is 472 g/mol. The minimum Gasteiger partial charge on any atom is -0.417 e. The van der Waals surface area contributed by atoms with Gasteiger partial charge in [0.15, 0.2) is 16.6 Å². The third-order valence-corrected chi connectivity index (χ3v) is 18.4. The molecule has 0 aromatic carbocycles. The van der Waals surface area contributed by atoms with E-state index in [4.69, 9.17) is 8.85 Å². The van der Waals surface area contributed by atoms with Gasteiger partial charge in [-0.25, -0.2) is 0 Å². The highest BCUT2D eigenvalue weighted by Crippen LogP contribution is 2.46. The maximum atomic E-state index is 12.0. The number of amides is 1. The summed E-state index contributed by atoms with van der Waals surface area (Å²) in [6.07, 6.45) is 1.00. The van der Waals surface area contributed by atoms with E-state index in [0.717, 1.165) is 13.0 Å². The predicted octanol–water partition coefficient (Wildman–Crippen LogP) is 6.83. The van der Waals surface area contributed by atoms with Crippen molar-refractivity contribution in [2.24, 2.45) is 23.7 Å². The number of carbonyl (C=O) groups excluding carboxylic acids is 1. The van der Waals surface area contributed by atoms with Crippen molar-refractivity contribution in [1.82, 2.24) is 5.32 Å². The van der Waals surface area contributed by atoms with Crippen LogP contribution < -0.4 is 5.32 Å². The van der Waals surface area contributed by atoms with Crippen LogP contribution in [0, 0.1) is 23.7 Å². The van der Waals surface area contributed by atoms with Crippen LogP contribution in [0.5, 0.6) is 0 Å². The summed E-state index contributed by atoms with van der Waals surface area (Å²) in [7, 11) is -3.83. The Morgan fingerprint density at radius 1 is 1.00 bits per heavy atom. The van der Waals surface area contributed by atoms with Crippen molar-refractivity contribution < 1.29 is 13.6 Å². The van der Waals surface area contributed by atoms with Gasteiger partial charge < -0.3 is 14.2 Å². The molecular weight excluding hydrogens is 418 g/mol. The van der Waals surface area contributed by atoms with Crippen LogP contribution in [0.3, 0.4) is 0 Å². The van der Waals surface area contributed by atoms with E-state index in [1.807, 2.05) is 0 Å². The summed E-state index contributed by atoms with van der Waals surface area (Å²) in [4.78, 5) is 12.0. The molecule has 0 heterocycles. The molecule has 0 bridgehead atoms. The maximum absolute atomic E-state index is 12.0. The fraction of sp³-hybridized carbons (Fsp3) is 0.960. The van der Waals surface area contributed by atoms with Crippen molar-refractivity contribution in [1.29, 1.82) is 0 Å². The van der Waals surface area contributed by atoms with Crippen LogP contribution in [0.2, 0.25) is 36.3 Å². The maximum Gasteiger partial charge on any atom is 0.217 e. The fourth-order valence-corrected chi connectivity index (χ4v) is 8.05. The van der Waals surface area contributed by atoms with E-state index in [-0.39, 0.29) is 28.1 Å². The zero-order valence-electron chi connectivity index (χ0n) is 23.1. The monoisotopic (exact) mass is 471 g/mol. The Balaban J connectivity index is 3.10. The van der Waals surface area contributed by atoms with Gasteiger partial charge in [0.2, 0.25) is 5.91 Å². The minimum atomic E-state index is -1.95. The number of carbonyl (C=O) groups is 1. The SMILES string of the molecule is CC(=O)NC1C(O[Si](C)(C)C(C)(C)C)CC(CO[Si](C)(C)C(C)(C)C(C)C)C(C)C1C. The first-order valence-electron chi connectivity index (χ1n) is 12.3. The van der Waals surface area contributed by atoms with E-state index in [2.05, 4.69) is 93.8 Å². The Morgan fingerprint density at radius 2 is 1.52 bits per heavy atom. The second kappa shape index (κ2) is 9.98. The molecule has 0 aromatic heterocycles. The van der Waals surface area contributed by atoms with Gasteiger partial charge in [-0.2, -0.15) is 0 Å². The first kappa shape index (κ1) is 28.9. The number of hydrogen-bond acceptors (Lipinski definition) is 3. The lowest BCUT2D eigenvalue weighted by Crippen LogP contribution is -2.59. The van der Waals surface area contributed by atoms with Crippen molar-refractivity contribution in [3.05, 3.63) is 0 Å². The summed E-state index contributed by atoms with van der Waals surface area (Å²) >= 11 is 0. The van der Waals surface area contributed by atoms with E-state index in [0.29, 0.717) is 23.7 Å². The Morgan fingerprint density at radius 3 is 1.94 bits per heavy atom. The van der Waals surface area contributed by atoms with E-state index in [9.17, 15) is 4.79 Å². The molecule has 4 nitrogen and oxygen atoms in total. The van der Waals surface area contributed by atoms with Crippen molar-refractivity contribution in [3.63, 3.8) is 0 Å². The van der Waals surface area contributed by atoms with Crippen LogP contribution in [0.25, 0.3) is 0 Å². The standard InChI is InChI=1S/C25H53NO3Si2/c1-17(2)25(9,10)31(13,14)28-16-21-15-22(29-30(11,12)24(6,7)8)23(26-20(5)27)19(4)18(21)3/h17-19,21-23H,15-16H2,1-14H3,(H,26,27). The van der Waals surface area contributed by atoms with Crippen LogP contribution in [-0.4, -0.2) is 41.3 Å². The Bertz CT molecular complexity index is 610. The Hall–Kier alpha value is -0.176. The highest BCUT2D eigenvalue weighted by atomic mass is 28.4. The largest absolute Gasteiger partial charge is 0.417 e. The van der Waals surface area contributed by atoms with Crippen LogP contribution in [0.1, 0.15) is 75.7 Å². The molecule has 1 fully saturated rings. The summed E-state index contributed by atoms with van der Waals surface area (Å²) in [6.45, 7) is 32.6. The minimum absolute atomic E-state index is 0.0369. The molecule has 5 atom stereocenters. The normalized spacial score (nSPS) is 28.7. The quantitative estimate of drug-likeness (QED) is 0.395. The number of hydrogen-bond donors (Lipinski definition) is 1. The molecule has 1 aliphatic rings. The summed E-state index contributed by atoms with van der Waals surface area (Å²) < 4.78 is 13.7. The summed E-state index contributed by atoms with van der Waals surface area (Å²) in [5.74, 6) is 1.90. The molecule has 1 aliphatic carbocycles. The molecule has 5 unspecified atom stereocenters. The van der Waals surface area contributed by atoms with E-state index in [1.165, 1.54) is 0 Å². The smallest absolute Gasteiger partial charge is 0.217 e. The second-order valence-corrected chi connectivity index (χ2v) is 22.4. The van der Waals surface area contributed by atoms with Gasteiger partial charge in [0.05, 0.1) is 12.1 Å². The van der Waals surface area contributed by atoms with Crippen molar-refractivity contribution in [3.8, 4) is 0 Å². The number of nitrogens with one attached hydrogen (secondary N) is 1. The van der Waals surface area contributed by atoms with Gasteiger partial charge in [0.1, 0.15) is 0 Å². The number of rotatable bonds is 8. The van der Waals surface area contributed by atoms with Gasteiger partial charge in [0.25, 0.3) is 0 Å². The van der Waals surface area contributed by atoms with Gasteiger partial charge in [-0.3, -0.25) is 4.79 Å². The van der Waals surface area contributed by atoms with Gasteiger partial charge in [0, 0.05) is 13.5 Å². The average Bonchev–Trinajstić information content (AvgIpc) is 2.58. The van der Waals surface area contributed by atoms with E-state index < -0.39 is 16.6 Å². The molecule has 1 saturated carbocycles. The first-order chi connectivity index (χ1) is 13.7. The molecule has 1 rings (SSSR count). The predicted molar refractivity (Wildman–Crippen MR) is 138 cm³/mol. The molecule has 31 heavy (non-hydrogen) atoms. The molecular formula is C25H53NO3Si2. The van der Waals surface area contributed by atoms with Gasteiger partial charge >= 0.3 is 0 Å². The van der Waals surface area contributed by atoms with Crippen molar-refractivity contribution in [2.45, 2.75) is 124 Å². The van der Waals surface area contributed by atoms with Crippen molar-refractivity contribution >= 4 is 22.5 Å². The lowest BCUT2D eigenvalue weighted by molar-refractivity contribution is -0.122. The van der Waals surface area contributed by atoms with Gasteiger partial charge in [-0.05, 0) is 66.4 Å². The Labute approximate surface area is 195 Å². The molecule has 184 valence electrons. The first-order valence-corrected chi connectivity index (χ1v) is 18.1.